The molecule has 37 heavy (non-hydrogen) atoms. The molecule has 1 aliphatic heterocycles. The minimum atomic E-state index is -0.537. The molecule has 0 spiro atoms. The molecule has 4 aromatic carbocycles. The monoisotopic (exact) mass is 480 g/mol. The summed E-state index contributed by atoms with van der Waals surface area (Å²) in [6.45, 7) is 1.22. The van der Waals surface area contributed by atoms with Gasteiger partial charge in [-0.05, 0) is 40.5 Å². The van der Waals surface area contributed by atoms with E-state index in [9.17, 15) is 4.79 Å². The fourth-order valence-electron chi connectivity index (χ4n) is 5.64. The van der Waals surface area contributed by atoms with Crippen LogP contribution in [0.25, 0.3) is 17.0 Å². The second-order valence-corrected chi connectivity index (χ2v) is 9.53. The first-order valence-electron chi connectivity index (χ1n) is 12.8. The molecule has 180 valence electrons. The van der Waals surface area contributed by atoms with Gasteiger partial charge < -0.3 is 0 Å². The summed E-state index contributed by atoms with van der Waals surface area (Å²) in [5.41, 5.74) is 5.75. The summed E-state index contributed by atoms with van der Waals surface area (Å²) in [6, 6.07) is 42.2. The topological polar surface area (TPSA) is 33.2 Å². The van der Waals surface area contributed by atoms with Gasteiger partial charge in [-0.1, -0.05) is 109 Å². The maximum atomic E-state index is 13.2. The lowest BCUT2D eigenvalue weighted by Gasteiger charge is -2.47. The number of hydrogen-bond acceptors (Lipinski definition) is 3. The Hall–Kier alpha value is -4.34. The van der Waals surface area contributed by atoms with Crippen molar-refractivity contribution in [2.24, 2.45) is 0 Å². The molecule has 1 aliphatic rings. The molecule has 0 aliphatic carbocycles. The Balaban J connectivity index is 1.51. The van der Waals surface area contributed by atoms with Crippen LogP contribution in [-0.2, 0) is 10.3 Å². The smallest absolute Gasteiger partial charge is 0.161 e. The molecular weight excluding hydrogens is 452 g/mol. The van der Waals surface area contributed by atoms with Crippen molar-refractivity contribution < 1.29 is 4.79 Å². The maximum Gasteiger partial charge on any atom is 0.161 e. The van der Waals surface area contributed by atoms with Crippen molar-refractivity contribution in [2.75, 3.05) is 13.1 Å². The minimum Gasteiger partial charge on any atom is -0.294 e. The molecule has 3 heteroatoms. The molecule has 1 fully saturated rings. The lowest BCUT2D eigenvalue weighted by atomic mass is 9.74. The van der Waals surface area contributed by atoms with Crippen molar-refractivity contribution in [3.05, 3.63) is 155 Å². The van der Waals surface area contributed by atoms with Gasteiger partial charge in [-0.3, -0.25) is 14.7 Å². The van der Waals surface area contributed by atoms with Gasteiger partial charge in [-0.2, -0.15) is 0 Å². The van der Waals surface area contributed by atoms with Gasteiger partial charge in [0.15, 0.2) is 5.78 Å². The number of ketones is 1. The van der Waals surface area contributed by atoms with E-state index >= 15 is 0 Å². The quantitative estimate of drug-likeness (QED) is 0.203. The Labute approximate surface area is 217 Å². The van der Waals surface area contributed by atoms with Crippen LogP contribution in [0.5, 0.6) is 0 Å². The van der Waals surface area contributed by atoms with Gasteiger partial charge in [0.1, 0.15) is 0 Å². The van der Waals surface area contributed by atoms with Crippen LogP contribution in [-0.4, -0.2) is 28.8 Å². The highest BCUT2D eigenvalue weighted by molar-refractivity contribution is 6.01. The number of piperidine rings is 1. The maximum absolute atomic E-state index is 13.2. The summed E-state index contributed by atoms with van der Waals surface area (Å²) in [5, 5.41) is 1.07. The highest BCUT2D eigenvalue weighted by Gasteiger charge is 2.44. The molecule has 0 N–H and O–H groups in total. The Bertz CT molecular complexity index is 1460. The van der Waals surface area contributed by atoms with Gasteiger partial charge in [0.25, 0.3) is 0 Å². The number of Topliss-reactive ketones (excluding diaryl/α,β-unsaturated/α-hetero) is 1. The number of nitrogens with zero attached hydrogens (tertiary/aromatic N) is 2. The number of aromatic nitrogens is 1. The Morgan fingerprint density at radius 2 is 1.24 bits per heavy atom. The third-order valence-electron chi connectivity index (χ3n) is 7.33. The number of pyridine rings is 1. The second kappa shape index (κ2) is 9.96. The van der Waals surface area contributed by atoms with Crippen LogP contribution in [0.1, 0.15) is 28.7 Å². The molecule has 2 heterocycles. The largest absolute Gasteiger partial charge is 0.294 e. The van der Waals surface area contributed by atoms with E-state index in [1.165, 1.54) is 16.7 Å². The van der Waals surface area contributed by atoms with Gasteiger partial charge in [0, 0.05) is 36.7 Å². The predicted octanol–water partition coefficient (Wildman–Crippen LogP) is 6.89. The zero-order chi connectivity index (χ0) is 25.1. The number of rotatable bonds is 5. The molecule has 0 radical (unpaired) electrons. The van der Waals surface area contributed by atoms with Crippen LogP contribution < -0.4 is 0 Å². The van der Waals surface area contributed by atoms with Crippen molar-refractivity contribution in [1.29, 1.82) is 0 Å². The molecule has 0 bridgehead atoms. The summed E-state index contributed by atoms with van der Waals surface area (Å²) in [7, 11) is 0. The number of para-hydroxylation sites is 1. The Morgan fingerprint density at radius 1 is 0.703 bits per heavy atom. The van der Waals surface area contributed by atoms with Crippen molar-refractivity contribution in [2.45, 2.75) is 12.0 Å². The summed E-state index contributed by atoms with van der Waals surface area (Å²) < 4.78 is 0. The fourth-order valence-corrected chi connectivity index (χ4v) is 5.64. The molecule has 0 amide bonds. The Kier molecular flexibility index (Phi) is 6.21. The molecule has 0 atom stereocenters. The van der Waals surface area contributed by atoms with Crippen LogP contribution >= 0.6 is 0 Å². The van der Waals surface area contributed by atoms with Crippen molar-refractivity contribution in [3.8, 4) is 0 Å². The third-order valence-corrected chi connectivity index (χ3v) is 7.33. The first-order chi connectivity index (χ1) is 18.2. The normalized spacial score (nSPS) is 15.8. The van der Waals surface area contributed by atoms with E-state index in [1.807, 2.05) is 30.5 Å². The average Bonchev–Trinajstić information content (AvgIpc) is 2.97. The number of hydrogen-bond donors (Lipinski definition) is 0. The van der Waals surface area contributed by atoms with Crippen LogP contribution in [0, 0.1) is 0 Å². The fraction of sp³-hybridized carbons (Fsp3) is 0.118. The molecular formula is C34H28N2O. The van der Waals surface area contributed by atoms with Crippen LogP contribution in [0.2, 0.25) is 0 Å². The van der Waals surface area contributed by atoms with Gasteiger partial charge in [-0.15, -0.1) is 0 Å². The van der Waals surface area contributed by atoms with Crippen LogP contribution in [0.15, 0.2) is 133 Å². The van der Waals surface area contributed by atoms with Crippen LogP contribution in [0.3, 0.4) is 0 Å². The zero-order valence-corrected chi connectivity index (χ0v) is 20.6. The molecule has 6 rings (SSSR count). The van der Waals surface area contributed by atoms with E-state index in [0.29, 0.717) is 19.5 Å². The third kappa shape index (κ3) is 4.28. The molecule has 3 nitrogen and oxygen atoms in total. The van der Waals surface area contributed by atoms with E-state index in [-0.39, 0.29) is 5.78 Å². The van der Waals surface area contributed by atoms with E-state index in [0.717, 1.165) is 22.0 Å². The van der Waals surface area contributed by atoms with Crippen molar-refractivity contribution >= 4 is 22.8 Å². The lowest BCUT2D eigenvalue weighted by Crippen LogP contribution is -2.52. The average molecular weight is 481 g/mol. The molecule has 0 saturated carbocycles. The number of carbonyl (C=O) groups is 1. The first-order valence-corrected chi connectivity index (χ1v) is 12.8. The number of benzene rings is 4. The number of fused-ring (bicyclic) bond motifs is 1. The minimum absolute atomic E-state index is 0.201. The number of likely N-dealkylation sites (tertiary alicyclic amines) is 1. The van der Waals surface area contributed by atoms with Gasteiger partial charge in [0.2, 0.25) is 0 Å². The summed E-state index contributed by atoms with van der Waals surface area (Å²) in [6.07, 6.45) is 4.36. The van der Waals surface area contributed by atoms with E-state index < -0.39 is 5.54 Å². The van der Waals surface area contributed by atoms with Crippen molar-refractivity contribution in [3.63, 3.8) is 0 Å². The summed E-state index contributed by atoms with van der Waals surface area (Å²) in [4.78, 5) is 20.3. The lowest BCUT2D eigenvalue weighted by molar-refractivity contribution is -0.117. The highest BCUT2D eigenvalue weighted by atomic mass is 16.1. The SMILES string of the molecule is O=C1CCN(C(c2ccccc2)(c2ccccc2)c2ccccc2)C/C1=C/c1cnc2ccccc2c1. The van der Waals surface area contributed by atoms with Gasteiger partial charge >= 0.3 is 0 Å². The molecule has 1 saturated heterocycles. The van der Waals surface area contributed by atoms with Crippen molar-refractivity contribution in [1.82, 2.24) is 9.88 Å². The van der Waals surface area contributed by atoms with Gasteiger partial charge in [0.05, 0.1) is 11.1 Å². The zero-order valence-electron chi connectivity index (χ0n) is 20.6. The highest BCUT2D eigenvalue weighted by Crippen LogP contribution is 2.44. The molecule has 5 aromatic rings. The molecule has 1 aromatic heterocycles. The number of carbonyl (C=O) groups excluding carboxylic acids is 1. The Morgan fingerprint density at radius 3 is 1.84 bits per heavy atom. The molecule has 0 unspecified atom stereocenters. The summed E-state index contributed by atoms with van der Waals surface area (Å²) >= 11 is 0. The van der Waals surface area contributed by atoms with Gasteiger partial charge in [-0.25, -0.2) is 0 Å². The van der Waals surface area contributed by atoms with E-state index in [4.69, 9.17) is 0 Å². The predicted molar refractivity (Wildman–Crippen MR) is 150 cm³/mol. The standard InChI is InChI=1S/C34H28N2O/c37-33-20-21-36(25-28(33)23-26-22-27-12-10-11-19-32(27)35-24-26)34(29-13-4-1-5-14-29,30-15-6-2-7-16-30)31-17-8-3-9-18-31/h1-19,22-24H,20-21,25H2/b28-23-. The first kappa shape index (κ1) is 23.1. The summed E-state index contributed by atoms with van der Waals surface area (Å²) in [5.74, 6) is 0.201. The second-order valence-electron chi connectivity index (χ2n) is 9.53. The van der Waals surface area contributed by atoms with E-state index in [1.54, 1.807) is 0 Å². The van der Waals surface area contributed by atoms with E-state index in [2.05, 4.69) is 113 Å². The van der Waals surface area contributed by atoms with Crippen LogP contribution in [0.4, 0.5) is 0 Å².